The van der Waals surface area contributed by atoms with E-state index in [0.717, 1.165) is 32.3 Å². The molecule has 3 fully saturated rings. The van der Waals surface area contributed by atoms with E-state index in [0.29, 0.717) is 35.7 Å². The van der Waals surface area contributed by atoms with Gasteiger partial charge in [0.15, 0.2) is 5.65 Å². The summed E-state index contributed by atoms with van der Waals surface area (Å²) in [5.41, 5.74) is 1.30. The van der Waals surface area contributed by atoms with Crippen molar-refractivity contribution in [2.24, 2.45) is 0 Å². The lowest BCUT2D eigenvalue weighted by atomic mass is 10.2. The maximum Gasteiger partial charge on any atom is 0.326 e. The second-order valence-electron chi connectivity index (χ2n) is 7.11. The number of nitrogens with zero attached hydrogens (tertiary/aromatic N) is 4. The van der Waals surface area contributed by atoms with E-state index in [1.807, 2.05) is 0 Å². The maximum absolute atomic E-state index is 11.8. The first-order chi connectivity index (χ1) is 13.7. The van der Waals surface area contributed by atoms with Gasteiger partial charge < -0.3 is 20.7 Å². The SMILES string of the molecule is O=C1NC(=O)/C(=C/c2cnn3c(NC4CC4)nc(NCC4CCCO4)nc23)N1. The second kappa shape index (κ2) is 6.75. The van der Waals surface area contributed by atoms with Gasteiger partial charge in [-0.2, -0.15) is 19.6 Å². The standard InChI is InChI=1S/C17H20N8O3/c26-14-12(21-17(27)23-14)6-9-7-19-25-13(9)22-15(18-8-11-2-1-5-28-11)24-16(25)20-10-3-4-10/h6-7,10-11H,1-5,8H2,(H2,18,20,22,24)(H2,21,23,26,27)/b12-6-. The Hall–Kier alpha value is -3.21. The molecule has 0 bridgehead atoms. The summed E-state index contributed by atoms with van der Waals surface area (Å²) >= 11 is 0. The molecule has 146 valence electrons. The number of amides is 3. The molecule has 2 aromatic rings. The highest BCUT2D eigenvalue weighted by molar-refractivity contribution is 6.14. The highest BCUT2D eigenvalue weighted by Gasteiger charge is 2.26. The molecule has 3 amide bonds. The Morgan fingerprint density at radius 3 is 2.86 bits per heavy atom. The average molecular weight is 384 g/mol. The number of imide groups is 1. The van der Waals surface area contributed by atoms with Crippen molar-refractivity contribution in [1.29, 1.82) is 0 Å². The summed E-state index contributed by atoms with van der Waals surface area (Å²) < 4.78 is 7.25. The zero-order valence-electron chi connectivity index (χ0n) is 15.1. The molecule has 0 spiro atoms. The Morgan fingerprint density at radius 1 is 1.25 bits per heavy atom. The molecule has 2 saturated heterocycles. The van der Waals surface area contributed by atoms with Gasteiger partial charge in [0.2, 0.25) is 11.9 Å². The fraction of sp³-hybridized carbons (Fsp3) is 0.471. The summed E-state index contributed by atoms with van der Waals surface area (Å²) in [4.78, 5) is 32.3. The molecule has 1 saturated carbocycles. The molecule has 4 N–H and O–H groups in total. The Kier molecular flexibility index (Phi) is 4.08. The third-order valence-electron chi connectivity index (χ3n) is 4.84. The van der Waals surface area contributed by atoms with Crippen LogP contribution in [0.2, 0.25) is 0 Å². The predicted octanol–water partition coefficient (Wildman–Crippen LogP) is 0.470. The molecule has 0 aromatic carbocycles. The van der Waals surface area contributed by atoms with Crippen LogP contribution < -0.4 is 21.3 Å². The van der Waals surface area contributed by atoms with E-state index in [1.165, 1.54) is 0 Å². The monoisotopic (exact) mass is 384 g/mol. The highest BCUT2D eigenvalue weighted by Crippen LogP contribution is 2.25. The quantitative estimate of drug-likeness (QED) is 0.417. The van der Waals surface area contributed by atoms with Crippen LogP contribution >= 0.6 is 0 Å². The summed E-state index contributed by atoms with van der Waals surface area (Å²) in [6.45, 7) is 1.41. The summed E-state index contributed by atoms with van der Waals surface area (Å²) in [7, 11) is 0. The number of ether oxygens (including phenoxy) is 1. The van der Waals surface area contributed by atoms with E-state index in [2.05, 4.69) is 36.3 Å². The number of aromatic nitrogens is 4. The normalized spacial score (nSPS) is 23.3. The highest BCUT2D eigenvalue weighted by atomic mass is 16.5. The molecule has 11 nitrogen and oxygen atoms in total. The van der Waals surface area contributed by atoms with Crippen molar-refractivity contribution in [3.05, 3.63) is 17.5 Å². The predicted molar refractivity (Wildman–Crippen MR) is 99.5 cm³/mol. The molecule has 1 unspecified atom stereocenters. The number of nitrogens with one attached hydrogen (secondary N) is 4. The maximum atomic E-state index is 11.8. The van der Waals surface area contributed by atoms with Crippen LogP contribution in [-0.4, -0.2) is 56.8 Å². The summed E-state index contributed by atoms with van der Waals surface area (Å²) in [5.74, 6) is 0.574. The van der Waals surface area contributed by atoms with Gasteiger partial charge in [-0.3, -0.25) is 10.1 Å². The molecule has 4 heterocycles. The van der Waals surface area contributed by atoms with E-state index >= 15 is 0 Å². The zero-order chi connectivity index (χ0) is 19.1. The molecular weight excluding hydrogens is 364 g/mol. The van der Waals surface area contributed by atoms with Crippen molar-refractivity contribution in [3.63, 3.8) is 0 Å². The van der Waals surface area contributed by atoms with Crippen LogP contribution in [0.5, 0.6) is 0 Å². The first-order valence-corrected chi connectivity index (χ1v) is 9.37. The Morgan fingerprint density at radius 2 is 2.14 bits per heavy atom. The molecule has 0 radical (unpaired) electrons. The Balaban J connectivity index is 1.48. The minimum Gasteiger partial charge on any atom is -0.376 e. The van der Waals surface area contributed by atoms with Crippen molar-refractivity contribution in [2.75, 3.05) is 23.8 Å². The Labute approximate surface area is 159 Å². The summed E-state index contributed by atoms with van der Waals surface area (Å²) in [6.07, 6.45) is 7.57. The molecule has 2 aliphatic heterocycles. The van der Waals surface area contributed by atoms with Gasteiger partial charge in [0.1, 0.15) is 5.70 Å². The zero-order valence-corrected chi connectivity index (χ0v) is 15.1. The van der Waals surface area contributed by atoms with Gasteiger partial charge in [-0.1, -0.05) is 0 Å². The first-order valence-electron chi connectivity index (χ1n) is 9.37. The van der Waals surface area contributed by atoms with Crippen molar-refractivity contribution in [2.45, 2.75) is 37.8 Å². The van der Waals surface area contributed by atoms with Crippen LogP contribution in [0.4, 0.5) is 16.7 Å². The smallest absolute Gasteiger partial charge is 0.326 e. The fourth-order valence-corrected chi connectivity index (χ4v) is 3.23. The lowest BCUT2D eigenvalue weighted by molar-refractivity contribution is -0.115. The third kappa shape index (κ3) is 3.36. The van der Waals surface area contributed by atoms with Crippen LogP contribution in [0.3, 0.4) is 0 Å². The van der Waals surface area contributed by atoms with Gasteiger partial charge in [0.05, 0.1) is 12.3 Å². The number of hydrogen-bond acceptors (Lipinski definition) is 8. The molecule has 28 heavy (non-hydrogen) atoms. The molecule has 1 atom stereocenters. The van der Waals surface area contributed by atoms with Gasteiger partial charge in [-0.15, -0.1) is 0 Å². The molecule has 3 aliphatic rings. The molecule has 1 aliphatic carbocycles. The van der Waals surface area contributed by atoms with Crippen molar-refractivity contribution in [3.8, 4) is 0 Å². The largest absolute Gasteiger partial charge is 0.376 e. The number of rotatable bonds is 6. The molecule has 5 rings (SSSR count). The lowest BCUT2D eigenvalue weighted by Crippen LogP contribution is -2.22. The number of urea groups is 1. The Bertz CT molecular complexity index is 974. The van der Waals surface area contributed by atoms with E-state index in [-0.39, 0.29) is 11.8 Å². The minimum atomic E-state index is -0.544. The van der Waals surface area contributed by atoms with Gasteiger partial charge in [-0.25, -0.2) is 4.79 Å². The molecule has 2 aromatic heterocycles. The topological polar surface area (TPSA) is 135 Å². The van der Waals surface area contributed by atoms with Crippen molar-refractivity contribution < 1.29 is 14.3 Å². The van der Waals surface area contributed by atoms with Crippen molar-refractivity contribution in [1.82, 2.24) is 30.2 Å². The van der Waals surface area contributed by atoms with Gasteiger partial charge in [0.25, 0.3) is 5.91 Å². The summed E-state index contributed by atoms with van der Waals surface area (Å²) in [5, 5.41) is 15.6. The van der Waals surface area contributed by atoms with E-state index in [9.17, 15) is 9.59 Å². The van der Waals surface area contributed by atoms with Crippen LogP contribution in [0.1, 0.15) is 31.2 Å². The van der Waals surface area contributed by atoms with Gasteiger partial charge in [0, 0.05) is 24.8 Å². The van der Waals surface area contributed by atoms with Crippen LogP contribution in [0.15, 0.2) is 11.9 Å². The second-order valence-corrected chi connectivity index (χ2v) is 7.11. The van der Waals surface area contributed by atoms with Crippen molar-refractivity contribution >= 4 is 35.6 Å². The minimum absolute atomic E-state index is 0.156. The fourth-order valence-electron chi connectivity index (χ4n) is 3.23. The third-order valence-corrected chi connectivity index (χ3v) is 4.84. The van der Waals surface area contributed by atoms with Gasteiger partial charge >= 0.3 is 6.03 Å². The van der Waals surface area contributed by atoms with Crippen LogP contribution in [0.25, 0.3) is 11.7 Å². The number of carbonyl (C=O) groups is 2. The average Bonchev–Trinajstić information content (AvgIpc) is 3.05. The van der Waals surface area contributed by atoms with Crippen LogP contribution in [-0.2, 0) is 9.53 Å². The molecule has 11 heteroatoms. The number of fused-ring (bicyclic) bond motifs is 1. The number of hydrogen-bond donors (Lipinski definition) is 4. The van der Waals surface area contributed by atoms with E-state index in [1.54, 1.807) is 16.8 Å². The van der Waals surface area contributed by atoms with Crippen LogP contribution in [0, 0.1) is 0 Å². The van der Waals surface area contributed by atoms with E-state index in [4.69, 9.17) is 4.74 Å². The molecular formula is C17H20N8O3. The number of anilines is 2. The van der Waals surface area contributed by atoms with E-state index < -0.39 is 11.9 Å². The summed E-state index contributed by atoms with van der Waals surface area (Å²) in [6, 6.07) is -0.160. The van der Waals surface area contributed by atoms with Gasteiger partial charge in [-0.05, 0) is 31.8 Å². The first kappa shape index (κ1) is 16.9. The lowest BCUT2D eigenvalue weighted by Gasteiger charge is -2.13. The number of carbonyl (C=O) groups excluding carboxylic acids is 2.